The van der Waals surface area contributed by atoms with Crippen molar-refractivity contribution in [1.29, 1.82) is 5.26 Å². The van der Waals surface area contributed by atoms with Crippen molar-refractivity contribution in [3.63, 3.8) is 0 Å². The third-order valence-corrected chi connectivity index (χ3v) is 2.80. The fraction of sp³-hybridized carbons (Fsp3) is 0.364. The van der Waals surface area contributed by atoms with E-state index in [0.717, 1.165) is 0 Å². The molecule has 17 heavy (non-hydrogen) atoms. The second kappa shape index (κ2) is 5.98. The van der Waals surface area contributed by atoms with Crippen LogP contribution in [0.4, 0.5) is 5.69 Å². The van der Waals surface area contributed by atoms with Crippen molar-refractivity contribution in [3.8, 4) is 6.07 Å². The fourth-order valence-electron chi connectivity index (χ4n) is 1.30. The number of nitriles is 1. The monoisotopic (exact) mass is 300 g/mol. The van der Waals surface area contributed by atoms with Gasteiger partial charge in [-0.05, 0) is 18.2 Å². The van der Waals surface area contributed by atoms with Crippen LogP contribution in [0.5, 0.6) is 0 Å². The van der Waals surface area contributed by atoms with Crippen molar-refractivity contribution >= 4 is 21.6 Å². The molecule has 0 spiro atoms. The maximum Gasteiger partial charge on any atom is 0.107 e. The van der Waals surface area contributed by atoms with Gasteiger partial charge in [0.15, 0.2) is 0 Å². The molecule has 0 atom stereocenters. The predicted octanol–water partition coefficient (Wildman–Crippen LogP) is 0.448. The largest absolute Gasteiger partial charge is 0.394 e. The van der Waals surface area contributed by atoms with E-state index in [4.69, 9.17) is 5.26 Å². The molecule has 0 aliphatic rings. The molecule has 4 N–H and O–H groups in total. The number of benzene rings is 1. The number of nitrogens with one attached hydrogen (secondary N) is 1. The number of aliphatic hydroxyl groups excluding tert-OH is 3. The second-order valence-electron chi connectivity index (χ2n) is 3.72. The summed E-state index contributed by atoms with van der Waals surface area (Å²) in [5, 5.41) is 39.2. The first kappa shape index (κ1) is 13.9. The van der Waals surface area contributed by atoms with Crippen molar-refractivity contribution in [2.75, 3.05) is 25.1 Å². The topological polar surface area (TPSA) is 96.5 Å². The van der Waals surface area contributed by atoms with Crippen molar-refractivity contribution in [1.82, 2.24) is 0 Å². The molecule has 0 saturated heterocycles. The standard InChI is InChI=1S/C11H13BrN2O3/c12-9-1-8(4-13)2-10(3-9)14-11(5-15,6-16)7-17/h1-3,14-17H,5-7H2. The third-order valence-electron chi connectivity index (χ3n) is 2.34. The van der Waals surface area contributed by atoms with Crippen LogP contribution < -0.4 is 5.32 Å². The number of hydrogen-bond donors (Lipinski definition) is 4. The van der Waals surface area contributed by atoms with E-state index >= 15 is 0 Å². The molecule has 1 rings (SSSR count). The van der Waals surface area contributed by atoms with E-state index < -0.39 is 25.4 Å². The number of halogens is 1. The average Bonchev–Trinajstić information content (AvgIpc) is 2.35. The minimum Gasteiger partial charge on any atom is -0.394 e. The number of nitrogens with zero attached hydrogens (tertiary/aromatic N) is 1. The molecule has 0 unspecified atom stereocenters. The summed E-state index contributed by atoms with van der Waals surface area (Å²) in [6.07, 6.45) is 0. The van der Waals surface area contributed by atoms with Gasteiger partial charge in [0.2, 0.25) is 0 Å². The van der Waals surface area contributed by atoms with E-state index in [-0.39, 0.29) is 0 Å². The Bertz CT molecular complexity index is 419. The highest BCUT2D eigenvalue weighted by Gasteiger charge is 2.27. The van der Waals surface area contributed by atoms with Gasteiger partial charge in [-0.1, -0.05) is 15.9 Å². The lowest BCUT2D eigenvalue weighted by Crippen LogP contribution is -2.49. The zero-order valence-electron chi connectivity index (χ0n) is 9.02. The van der Waals surface area contributed by atoms with Crippen molar-refractivity contribution in [2.45, 2.75) is 5.54 Å². The molecule has 0 heterocycles. The highest BCUT2D eigenvalue weighted by molar-refractivity contribution is 9.10. The Morgan fingerprint density at radius 2 is 1.76 bits per heavy atom. The predicted molar refractivity (Wildman–Crippen MR) is 66.5 cm³/mol. The average molecular weight is 301 g/mol. The van der Waals surface area contributed by atoms with E-state index in [1.165, 1.54) is 0 Å². The van der Waals surface area contributed by atoms with Crippen LogP contribution in [0.3, 0.4) is 0 Å². The quantitative estimate of drug-likeness (QED) is 0.633. The molecule has 0 fully saturated rings. The summed E-state index contributed by atoms with van der Waals surface area (Å²) in [4.78, 5) is 0. The van der Waals surface area contributed by atoms with E-state index in [0.29, 0.717) is 15.7 Å². The minimum atomic E-state index is -1.20. The molecule has 0 bridgehead atoms. The summed E-state index contributed by atoms with van der Waals surface area (Å²) in [5.74, 6) is 0. The van der Waals surface area contributed by atoms with Crippen LogP contribution in [-0.4, -0.2) is 40.7 Å². The Hall–Kier alpha value is -1.13. The maximum atomic E-state index is 9.17. The van der Waals surface area contributed by atoms with Gasteiger partial charge in [-0.25, -0.2) is 0 Å². The molecule has 92 valence electrons. The van der Waals surface area contributed by atoms with Gasteiger partial charge in [-0.3, -0.25) is 0 Å². The smallest absolute Gasteiger partial charge is 0.107 e. The van der Waals surface area contributed by atoms with Crippen molar-refractivity contribution < 1.29 is 15.3 Å². The Labute approximate surface area is 107 Å². The number of hydrogen-bond acceptors (Lipinski definition) is 5. The number of anilines is 1. The van der Waals surface area contributed by atoms with E-state index in [9.17, 15) is 15.3 Å². The van der Waals surface area contributed by atoms with Crippen LogP contribution in [0.1, 0.15) is 5.56 Å². The summed E-state index contributed by atoms with van der Waals surface area (Å²) in [6.45, 7) is -1.27. The van der Waals surface area contributed by atoms with E-state index in [1.807, 2.05) is 6.07 Å². The normalized spacial score (nSPS) is 11.0. The number of rotatable bonds is 5. The first-order valence-electron chi connectivity index (χ1n) is 4.90. The van der Waals surface area contributed by atoms with Gasteiger partial charge < -0.3 is 20.6 Å². The van der Waals surface area contributed by atoms with Crippen LogP contribution >= 0.6 is 15.9 Å². The highest BCUT2D eigenvalue weighted by Crippen LogP contribution is 2.22. The van der Waals surface area contributed by atoms with Crippen LogP contribution in [0.25, 0.3) is 0 Å². The van der Waals surface area contributed by atoms with Gasteiger partial charge in [0.25, 0.3) is 0 Å². The lowest BCUT2D eigenvalue weighted by molar-refractivity contribution is 0.0833. The fourth-order valence-corrected chi connectivity index (χ4v) is 1.79. The zero-order chi connectivity index (χ0) is 12.9. The van der Waals surface area contributed by atoms with E-state index in [2.05, 4.69) is 21.2 Å². The summed E-state index contributed by atoms with van der Waals surface area (Å²) in [7, 11) is 0. The number of aliphatic hydroxyl groups is 3. The lowest BCUT2D eigenvalue weighted by Gasteiger charge is -2.30. The van der Waals surface area contributed by atoms with Crippen LogP contribution in [0.2, 0.25) is 0 Å². The molecule has 0 radical (unpaired) electrons. The minimum absolute atomic E-state index is 0.422. The molecule has 6 heteroatoms. The molecule has 5 nitrogen and oxygen atoms in total. The van der Waals surface area contributed by atoms with Crippen molar-refractivity contribution in [3.05, 3.63) is 28.2 Å². The molecule has 1 aromatic rings. The Kier molecular flexibility index (Phi) is 4.90. The van der Waals surface area contributed by atoms with Crippen molar-refractivity contribution in [2.24, 2.45) is 0 Å². The zero-order valence-corrected chi connectivity index (χ0v) is 10.6. The molecule has 0 saturated carbocycles. The molecule has 0 amide bonds. The Balaban J connectivity index is 3.02. The summed E-state index contributed by atoms with van der Waals surface area (Å²) >= 11 is 3.25. The summed E-state index contributed by atoms with van der Waals surface area (Å²) < 4.78 is 0.696. The summed E-state index contributed by atoms with van der Waals surface area (Å²) in [5.41, 5.74) is -0.231. The molecular formula is C11H13BrN2O3. The van der Waals surface area contributed by atoms with Gasteiger partial charge in [0.05, 0.1) is 31.5 Å². The SMILES string of the molecule is N#Cc1cc(Br)cc(NC(CO)(CO)CO)c1. The van der Waals surface area contributed by atoms with Gasteiger partial charge >= 0.3 is 0 Å². The molecule has 0 aliphatic carbocycles. The van der Waals surface area contributed by atoms with Gasteiger partial charge in [0.1, 0.15) is 5.54 Å². The molecule has 1 aromatic carbocycles. The van der Waals surface area contributed by atoms with Crippen LogP contribution in [0, 0.1) is 11.3 Å². The first-order valence-corrected chi connectivity index (χ1v) is 5.70. The molecule has 0 aliphatic heterocycles. The Morgan fingerprint density at radius 3 is 2.24 bits per heavy atom. The van der Waals surface area contributed by atoms with Crippen LogP contribution in [0.15, 0.2) is 22.7 Å². The maximum absolute atomic E-state index is 9.17. The van der Waals surface area contributed by atoms with Gasteiger partial charge in [0, 0.05) is 10.2 Å². The third kappa shape index (κ3) is 3.41. The molecular weight excluding hydrogens is 288 g/mol. The van der Waals surface area contributed by atoms with Gasteiger partial charge in [-0.2, -0.15) is 5.26 Å². The highest BCUT2D eigenvalue weighted by atomic mass is 79.9. The van der Waals surface area contributed by atoms with E-state index in [1.54, 1.807) is 18.2 Å². The van der Waals surface area contributed by atoms with Crippen LogP contribution in [-0.2, 0) is 0 Å². The lowest BCUT2D eigenvalue weighted by atomic mass is 10.0. The summed E-state index contributed by atoms with van der Waals surface area (Å²) in [6, 6.07) is 6.89. The Morgan fingerprint density at radius 1 is 1.18 bits per heavy atom. The van der Waals surface area contributed by atoms with Gasteiger partial charge in [-0.15, -0.1) is 0 Å². The molecule has 0 aromatic heterocycles. The first-order chi connectivity index (χ1) is 8.09. The second-order valence-corrected chi connectivity index (χ2v) is 4.64.